The number of aldehydes is 1. The molecule has 0 aliphatic carbocycles. The van der Waals surface area contributed by atoms with Gasteiger partial charge in [-0.2, -0.15) is 0 Å². The van der Waals surface area contributed by atoms with Gasteiger partial charge in [0.15, 0.2) is 0 Å². The first-order valence-electron chi connectivity index (χ1n) is 2.73. The number of carbonyl (C=O) groups excluding carboxylic acids is 1. The number of hydrogen-bond donors (Lipinski definition) is 0. The van der Waals surface area contributed by atoms with Crippen LogP contribution in [0.4, 0.5) is 0 Å². The zero-order valence-corrected chi connectivity index (χ0v) is 6.89. The monoisotopic (exact) mass is 188 g/mol. The van der Waals surface area contributed by atoms with E-state index in [9.17, 15) is 4.79 Å². The van der Waals surface area contributed by atoms with E-state index in [0.717, 1.165) is 10.8 Å². The summed E-state index contributed by atoms with van der Waals surface area (Å²) in [7, 11) is 0. The maximum atomic E-state index is 9.79. The highest BCUT2D eigenvalue weighted by molar-refractivity contribution is 9.11. The predicted molar refractivity (Wildman–Crippen MR) is 42.5 cm³/mol. The van der Waals surface area contributed by atoms with Crippen LogP contribution >= 0.6 is 15.9 Å². The lowest BCUT2D eigenvalue weighted by molar-refractivity contribution is -0.107. The highest BCUT2D eigenvalue weighted by Crippen LogP contribution is 2.05. The molecule has 0 unspecified atom stereocenters. The van der Waals surface area contributed by atoms with Gasteiger partial charge in [0.1, 0.15) is 6.29 Å². The average molecular weight is 189 g/mol. The number of allylic oxidation sites excluding steroid dienone is 4. The summed E-state index contributed by atoms with van der Waals surface area (Å²) in [5.74, 6) is 0. The highest BCUT2D eigenvalue weighted by Gasteiger charge is 1.77. The van der Waals surface area contributed by atoms with Crippen LogP contribution in [-0.4, -0.2) is 6.29 Å². The summed E-state index contributed by atoms with van der Waals surface area (Å²) in [5, 5.41) is 0. The molecule has 0 bridgehead atoms. The minimum Gasteiger partial charge on any atom is -0.303 e. The van der Waals surface area contributed by atoms with E-state index in [0.29, 0.717) is 6.42 Å². The third-order valence-corrected chi connectivity index (χ3v) is 1.51. The summed E-state index contributed by atoms with van der Waals surface area (Å²) < 4.78 is 1.00. The van der Waals surface area contributed by atoms with Crippen LogP contribution in [0.3, 0.4) is 0 Å². The van der Waals surface area contributed by atoms with E-state index in [1.165, 1.54) is 0 Å². The number of hydrogen-bond acceptors (Lipinski definition) is 1. The van der Waals surface area contributed by atoms with E-state index in [2.05, 4.69) is 15.9 Å². The van der Waals surface area contributed by atoms with Gasteiger partial charge in [0, 0.05) is 10.9 Å². The quantitative estimate of drug-likeness (QED) is 0.492. The molecule has 0 aromatic rings. The van der Waals surface area contributed by atoms with Crippen LogP contribution in [0.5, 0.6) is 0 Å². The molecule has 0 fully saturated rings. The molecule has 50 valence electrons. The van der Waals surface area contributed by atoms with Crippen molar-refractivity contribution in [1.82, 2.24) is 0 Å². The van der Waals surface area contributed by atoms with Crippen LogP contribution in [0.1, 0.15) is 13.3 Å². The highest BCUT2D eigenvalue weighted by atomic mass is 79.9. The molecule has 0 radical (unpaired) electrons. The summed E-state index contributed by atoms with van der Waals surface area (Å²) >= 11 is 3.27. The van der Waals surface area contributed by atoms with Crippen molar-refractivity contribution in [2.75, 3.05) is 0 Å². The van der Waals surface area contributed by atoms with Crippen LogP contribution in [0.2, 0.25) is 0 Å². The minimum atomic E-state index is 0.489. The van der Waals surface area contributed by atoms with Crippen molar-refractivity contribution < 1.29 is 4.79 Å². The van der Waals surface area contributed by atoms with Gasteiger partial charge in [-0.05, 0) is 6.92 Å². The number of halogens is 1. The van der Waals surface area contributed by atoms with Crippen LogP contribution in [-0.2, 0) is 4.79 Å². The van der Waals surface area contributed by atoms with Crippen molar-refractivity contribution >= 4 is 22.2 Å². The first-order chi connectivity index (χ1) is 4.31. The van der Waals surface area contributed by atoms with Gasteiger partial charge in [0.2, 0.25) is 0 Å². The Hall–Kier alpha value is -0.370. The predicted octanol–water partition coefficient (Wildman–Crippen LogP) is 2.43. The molecule has 1 nitrogen and oxygen atoms in total. The van der Waals surface area contributed by atoms with Gasteiger partial charge in [-0.15, -0.1) is 0 Å². The average Bonchev–Trinajstić information content (AvgIpc) is 1.89. The lowest BCUT2D eigenvalue weighted by Crippen LogP contribution is -1.65. The molecule has 0 saturated heterocycles. The molecule has 0 atom stereocenters. The smallest absolute Gasteiger partial charge is 0.123 e. The second-order valence-corrected chi connectivity index (χ2v) is 2.39. The summed E-state index contributed by atoms with van der Waals surface area (Å²) in [4.78, 5) is 9.79. The van der Waals surface area contributed by atoms with Gasteiger partial charge in [-0.3, -0.25) is 0 Å². The Morgan fingerprint density at radius 1 is 1.67 bits per heavy atom. The zero-order valence-electron chi connectivity index (χ0n) is 5.30. The standard InChI is InChI=1S/C7H9BrO/c1-2-7(8)5-3-4-6-9/h2-3,5-6H,4H2,1H3/b5-3-,7-2+. The summed E-state index contributed by atoms with van der Waals surface area (Å²) in [6, 6.07) is 0. The normalized spacial score (nSPS) is 12.4. The summed E-state index contributed by atoms with van der Waals surface area (Å²) in [6.07, 6.45) is 6.93. The van der Waals surface area contributed by atoms with Crippen LogP contribution in [0.25, 0.3) is 0 Å². The zero-order chi connectivity index (χ0) is 7.11. The molecule has 0 spiro atoms. The largest absolute Gasteiger partial charge is 0.303 e. The molecule has 0 rings (SSSR count). The number of rotatable bonds is 3. The molecular weight excluding hydrogens is 180 g/mol. The van der Waals surface area contributed by atoms with Crippen LogP contribution in [0, 0.1) is 0 Å². The van der Waals surface area contributed by atoms with Gasteiger partial charge in [0.05, 0.1) is 0 Å². The van der Waals surface area contributed by atoms with Crippen molar-refractivity contribution in [2.24, 2.45) is 0 Å². The van der Waals surface area contributed by atoms with E-state index < -0.39 is 0 Å². The maximum absolute atomic E-state index is 9.79. The molecule has 0 heterocycles. The van der Waals surface area contributed by atoms with Crippen molar-refractivity contribution in [3.05, 3.63) is 22.7 Å². The fourth-order valence-corrected chi connectivity index (χ4v) is 0.519. The van der Waals surface area contributed by atoms with Gasteiger partial charge < -0.3 is 4.79 Å². The molecule has 0 aromatic heterocycles. The number of carbonyl (C=O) groups is 1. The molecular formula is C7H9BrO. The van der Waals surface area contributed by atoms with E-state index in [1.807, 2.05) is 19.1 Å². The van der Waals surface area contributed by atoms with Gasteiger partial charge in [0.25, 0.3) is 0 Å². The Bertz CT molecular complexity index is 136. The molecule has 9 heavy (non-hydrogen) atoms. The van der Waals surface area contributed by atoms with Crippen LogP contribution in [0.15, 0.2) is 22.7 Å². The van der Waals surface area contributed by atoms with E-state index in [-0.39, 0.29) is 0 Å². The molecule has 0 aromatic carbocycles. The fraction of sp³-hybridized carbons (Fsp3) is 0.286. The molecule has 0 N–H and O–H groups in total. The Balaban J connectivity index is 3.56. The Morgan fingerprint density at radius 2 is 2.33 bits per heavy atom. The molecule has 0 saturated carbocycles. The van der Waals surface area contributed by atoms with E-state index in [1.54, 1.807) is 6.08 Å². The topological polar surface area (TPSA) is 17.1 Å². The Kier molecular flexibility index (Phi) is 5.52. The molecule has 0 aliphatic heterocycles. The van der Waals surface area contributed by atoms with E-state index >= 15 is 0 Å². The second-order valence-electron chi connectivity index (χ2n) is 1.48. The molecule has 0 aliphatic rings. The summed E-state index contributed by atoms with van der Waals surface area (Å²) in [6.45, 7) is 1.93. The van der Waals surface area contributed by atoms with Crippen molar-refractivity contribution in [1.29, 1.82) is 0 Å². The first kappa shape index (κ1) is 8.63. The lowest BCUT2D eigenvalue weighted by atomic mass is 10.4. The van der Waals surface area contributed by atoms with Gasteiger partial charge in [-0.25, -0.2) is 0 Å². The minimum absolute atomic E-state index is 0.489. The molecule has 2 heteroatoms. The third kappa shape index (κ3) is 5.50. The van der Waals surface area contributed by atoms with E-state index in [4.69, 9.17) is 0 Å². The van der Waals surface area contributed by atoms with Crippen LogP contribution < -0.4 is 0 Å². The third-order valence-electron chi connectivity index (χ3n) is 0.785. The maximum Gasteiger partial charge on any atom is 0.123 e. The second kappa shape index (κ2) is 5.76. The fourth-order valence-electron chi connectivity index (χ4n) is 0.332. The van der Waals surface area contributed by atoms with Gasteiger partial charge >= 0.3 is 0 Å². The lowest BCUT2D eigenvalue weighted by Gasteiger charge is -1.81. The SMILES string of the molecule is C/C=C(Br)\C=C/CC=O. The summed E-state index contributed by atoms with van der Waals surface area (Å²) in [5.41, 5.74) is 0. The first-order valence-corrected chi connectivity index (χ1v) is 3.52. The van der Waals surface area contributed by atoms with Gasteiger partial charge in [-0.1, -0.05) is 34.2 Å². The van der Waals surface area contributed by atoms with Crippen molar-refractivity contribution in [2.45, 2.75) is 13.3 Å². The van der Waals surface area contributed by atoms with Crippen molar-refractivity contribution in [3.8, 4) is 0 Å². The molecule has 0 amide bonds. The Morgan fingerprint density at radius 3 is 2.78 bits per heavy atom. The van der Waals surface area contributed by atoms with Crippen molar-refractivity contribution in [3.63, 3.8) is 0 Å². The Labute approximate surface area is 63.6 Å².